The van der Waals surface area contributed by atoms with Crippen molar-refractivity contribution in [2.45, 2.75) is 31.7 Å². The molecule has 20 heavy (non-hydrogen) atoms. The third-order valence-electron chi connectivity index (χ3n) is 4.21. The Morgan fingerprint density at radius 2 is 2.30 bits per heavy atom. The fourth-order valence-electron chi connectivity index (χ4n) is 2.89. The molecule has 2 heterocycles. The molecule has 1 unspecified atom stereocenters. The molecule has 0 bridgehead atoms. The predicted octanol–water partition coefficient (Wildman–Crippen LogP) is 1.40. The van der Waals surface area contributed by atoms with Crippen LogP contribution in [-0.4, -0.2) is 35.5 Å². The highest BCUT2D eigenvalue weighted by molar-refractivity contribution is 6.33. The number of hydrogen-bond donors (Lipinski definition) is 1. The van der Waals surface area contributed by atoms with E-state index in [2.05, 4.69) is 15.3 Å². The molecule has 1 atom stereocenters. The average molecular weight is 297 g/mol. The van der Waals surface area contributed by atoms with Crippen LogP contribution in [0.2, 0.25) is 5.02 Å². The van der Waals surface area contributed by atoms with Gasteiger partial charge in [-0.1, -0.05) is 11.6 Å². The molecule has 3 rings (SSSR count). The summed E-state index contributed by atoms with van der Waals surface area (Å²) in [4.78, 5) is 14.3. The lowest BCUT2D eigenvalue weighted by molar-refractivity contribution is 0.376. The third-order valence-corrected chi connectivity index (χ3v) is 4.57. The molecule has 6 heteroatoms. The monoisotopic (exact) mass is 296 g/mol. The Kier molecular flexibility index (Phi) is 3.98. The highest BCUT2D eigenvalue weighted by atomic mass is 35.5. The van der Waals surface area contributed by atoms with Crippen molar-refractivity contribution in [2.75, 3.05) is 24.5 Å². The summed E-state index contributed by atoms with van der Waals surface area (Å²) in [6.07, 6.45) is 6.58. The zero-order chi connectivity index (χ0) is 14.1. The molecule has 1 N–H and O–H groups in total. The van der Waals surface area contributed by atoms with Gasteiger partial charge < -0.3 is 10.2 Å². The van der Waals surface area contributed by atoms with Gasteiger partial charge in [0.15, 0.2) is 0 Å². The van der Waals surface area contributed by atoms with Gasteiger partial charge >= 0.3 is 0 Å². The first kappa shape index (κ1) is 13.9. The van der Waals surface area contributed by atoms with Crippen LogP contribution in [0, 0.1) is 5.92 Å². The summed E-state index contributed by atoms with van der Waals surface area (Å²) in [5.74, 6) is 0.629. The lowest BCUT2D eigenvalue weighted by atomic mass is 9.99. The van der Waals surface area contributed by atoms with Gasteiger partial charge in [0.1, 0.15) is 5.02 Å². The molecule has 1 aromatic rings. The molecule has 5 nitrogen and oxygen atoms in total. The molecular formula is C14H21ClN4O. The summed E-state index contributed by atoms with van der Waals surface area (Å²) in [5.41, 5.74) is 0.597. The second-order valence-electron chi connectivity index (χ2n) is 5.87. The Bertz CT molecular complexity index is 534. The molecule has 0 radical (unpaired) electrons. The summed E-state index contributed by atoms with van der Waals surface area (Å²) in [7, 11) is 1.63. The van der Waals surface area contributed by atoms with E-state index in [-0.39, 0.29) is 5.56 Å². The maximum atomic E-state index is 12.0. The average Bonchev–Trinajstić information content (AvgIpc) is 3.29. The van der Waals surface area contributed by atoms with Gasteiger partial charge in [-0.3, -0.25) is 4.79 Å². The lowest BCUT2D eigenvalue weighted by Crippen LogP contribution is -2.40. The van der Waals surface area contributed by atoms with Crippen LogP contribution in [0.3, 0.4) is 0 Å². The van der Waals surface area contributed by atoms with E-state index in [4.69, 9.17) is 11.6 Å². The van der Waals surface area contributed by atoms with Crippen molar-refractivity contribution in [3.05, 3.63) is 21.6 Å². The lowest BCUT2D eigenvalue weighted by Gasteiger charge is -2.32. The first-order valence-electron chi connectivity index (χ1n) is 7.36. The first-order valence-corrected chi connectivity index (χ1v) is 7.74. The summed E-state index contributed by atoms with van der Waals surface area (Å²) >= 11 is 6.25. The van der Waals surface area contributed by atoms with E-state index in [0.717, 1.165) is 25.3 Å². The van der Waals surface area contributed by atoms with E-state index < -0.39 is 0 Å². The molecule has 2 aliphatic rings. The Morgan fingerprint density at radius 1 is 1.50 bits per heavy atom. The number of aryl methyl sites for hydroxylation is 1. The van der Waals surface area contributed by atoms with Gasteiger partial charge in [-0.05, 0) is 44.7 Å². The predicted molar refractivity (Wildman–Crippen MR) is 80.4 cm³/mol. The van der Waals surface area contributed by atoms with Gasteiger partial charge in [-0.15, -0.1) is 0 Å². The fraction of sp³-hybridized carbons (Fsp3) is 0.714. The number of piperidine rings is 1. The molecule has 1 saturated carbocycles. The van der Waals surface area contributed by atoms with Crippen LogP contribution in [0.5, 0.6) is 0 Å². The number of anilines is 1. The van der Waals surface area contributed by atoms with E-state index in [0.29, 0.717) is 17.0 Å². The van der Waals surface area contributed by atoms with E-state index in [1.165, 1.54) is 30.4 Å². The molecule has 2 fully saturated rings. The van der Waals surface area contributed by atoms with Gasteiger partial charge in [0.05, 0.1) is 11.9 Å². The van der Waals surface area contributed by atoms with Gasteiger partial charge in [-0.2, -0.15) is 5.10 Å². The van der Waals surface area contributed by atoms with Gasteiger partial charge in [0.25, 0.3) is 5.56 Å². The van der Waals surface area contributed by atoms with Crippen LogP contribution < -0.4 is 15.8 Å². The van der Waals surface area contributed by atoms with Crippen molar-refractivity contribution in [1.82, 2.24) is 15.1 Å². The van der Waals surface area contributed by atoms with Crippen molar-refractivity contribution < 1.29 is 0 Å². The molecule has 1 aliphatic carbocycles. The molecule has 110 valence electrons. The van der Waals surface area contributed by atoms with Crippen LogP contribution in [0.1, 0.15) is 25.7 Å². The molecule has 0 aromatic carbocycles. The Hall–Kier alpha value is -1.07. The number of rotatable bonds is 4. The van der Waals surface area contributed by atoms with Crippen molar-refractivity contribution in [1.29, 1.82) is 0 Å². The summed E-state index contributed by atoms with van der Waals surface area (Å²) < 4.78 is 1.29. The number of halogens is 1. The van der Waals surface area contributed by atoms with Crippen LogP contribution in [0.25, 0.3) is 0 Å². The van der Waals surface area contributed by atoms with Crippen molar-refractivity contribution in [2.24, 2.45) is 13.0 Å². The maximum Gasteiger partial charge on any atom is 0.287 e. The van der Waals surface area contributed by atoms with Crippen LogP contribution in [-0.2, 0) is 7.05 Å². The van der Waals surface area contributed by atoms with Crippen molar-refractivity contribution in [3.8, 4) is 0 Å². The summed E-state index contributed by atoms with van der Waals surface area (Å²) in [5, 5.41) is 7.87. The second-order valence-corrected chi connectivity index (χ2v) is 6.25. The largest absolute Gasteiger partial charge is 0.366 e. The quantitative estimate of drug-likeness (QED) is 0.912. The van der Waals surface area contributed by atoms with Gasteiger partial charge in [-0.25, -0.2) is 4.68 Å². The molecule has 1 aromatic heterocycles. The summed E-state index contributed by atoms with van der Waals surface area (Å²) in [6.45, 7) is 3.14. The zero-order valence-electron chi connectivity index (χ0n) is 11.8. The minimum Gasteiger partial charge on any atom is -0.366 e. The standard InChI is InChI=1S/C14H21ClN4O/c1-18-14(20)13(15)12(8-17-18)19(11-4-5-11)9-10-3-2-6-16-7-10/h8,10-11,16H,2-7,9H2,1H3. The highest BCUT2D eigenvalue weighted by Gasteiger charge is 2.33. The molecule has 0 amide bonds. The molecule has 1 saturated heterocycles. The SMILES string of the molecule is Cn1ncc(N(CC2CCCNC2)C2CC2)c(Cl)c1=O. The highest BCUT2D eigenvalue weighted by Crippen LogP contribution is 2.35. The van der Waals surface area contributed by atoms with E-state index in [9.17, 15) is 4.79 Å². The number of aromatic nitrogens is 2. The number of nitrogens with one attached hydrogen (secondary N) is 1. The Morgan fingerprint density at radius 3 is 2.95 bits per heavy atom. The van der Waals surface area contributed by atoms with Gasteiger partial charge in [0.2, 0.25) is 0 Å². The smallest absolute Gasteiger partial charge is 0.287 e. The maximum absolute atomic E-state index is 12.0. The van der Waals surface area contributed by atoms with Crippen LogP contribution in [0.4, 0.5) is 5.69 Å². The fourth-order valence-corrected chi connectivity index (χ4v) is 3.17. The normalized spacial score (nSPS) is 22.8. The first-order chi connectivity index (χ1) is 9.66. The van der Waals surface area contributed by atoms with Crippen molar-refractivity contribution >= 4 is 17.3 Å². The zero-order valence-corrected chi connectivity index (χ0v) is 12.6. The van der Waals surface area contributed by atoms with E-state index in [1.54, 1.807) is 13.2 Å². The van der Waals surface area contributed by atoms with Gasteiger partial charge in [0, 0.05) is 19.6 Å². The molecular weight excluding hydrogens is 276 g/mol. The number of nitrogens with zero attached hydrogens (tertiary/aromatic N) is 3. The minimum absolute atomic E-state index is 0.211. The number of hydrogen-bond acceptors (Lipinski definition) is 4. The van der Waals surface area contributed by atoms with Crippen molar-refractivity contribution in [3.63, 3.8) is 0 Å². The Balaban J connectivity index is 1.83. The topological polar surface area (TPSA) is 50.2 Å². The van der Waals surface area contributed by atoms with E-state index in [1.807, 2.05) is 0 Å². The Labute approximate surface area is 123 Å². The third kappa shape index (κ3) is 2.83. The molecule has 0 spiro atoms. The minimum atomic E-state index is -0.211. The van der Waals surface area contributed by atoms with E-state index >= 15 is 0 Å². The van der Waals surface area contributed by atoms with Crippen LogP contribution >= 0.6 is 11.6 Å². The molecule has 1 aliphatic heterocycles. The second kappa shape index (κ2) is 5.74. The van der Waals surface area contributed by atoms with Crippen LogP contribution in [0.15, 0.2) is 11.0 Å². The summed E-state index contributed by atoms with van der Waals surface area (Å²) in [6, 6.07) is 0.531.